The topological polar surface area (TPSA) is 110 Å². The Morgan fingerprint density at radius 1 is 1.39 bits per heavy atom. The Morgan fingerprint density at radius 2 is 2.06 bits per heavy atom. The van der Waals surface area contributed by atoms with Crippen LogP contribution in [0.2, 0.25) is 0 Å². The summed E-state index contributed by atoms with van der Waals surface area (Å²) in [6, 6.07) is 0. The molecule has 0 bridgehead atoms. The third-order valence-corrected chi connectivity index (χ3v) is 3.97. The summed E-state index contributed by atoms with van der Waals surface area (Å²) < 4.78 is 27.6. The molecule has 1 rings (SSSR count). The van der Waals surface area contributed by atoms with Gasteiger partial charge in [-0.15, -0.1) is 0 Å². The summed E-state index contributed by atoms with van der Waals surface area (Å²) >= 11 is 0. The SMILES string of the molecule is Cn1cc(S(=O)(=O)NCCCCCCO)c(N)n1. The molecule has 104 valence electrons. The molecule has 0 fully saturated rings. The Hall–Kier alpha value is -1.12. The van der Waals surface area contributed by atoms with Gasteiger partial charge in [0.2, 0.25) is 10.0 Å². The predicted molar refractivity (Wildman–Crippen MR) is 68.4 cm³/mol. The zero-order valence-corrected chi connectivity index (χ0v) is 11.3. The van der Waals surface area contributed by atoms with Gasteiger partial charge in [0.15, 0.2) is 5.82 Å². The van der Waals surface area contributed by atoms with Crippen molar-refractivity contribution in [3.8, 4) is 0 Å². The zero-order chi connectivity index (χ0) is 13.6. The molecule has 4 N–H and O–H groups in total. The first-order valence-electron chi connectivity index (χ1n) is 5.87. The lowest BCUT2D eigenvalue weighted by atomic mass is 10.2. The summed E-state index contributed by atoms with van der Waals surface area (Å²) in [5.74, 6) is 0.00489. The Balaban J connectivity index is 2.43. The fourth-order valence-corrected chi connectivity index (χ4v) is 2.74. The Morgan fingerprint density at radius 3 is 2.61 bits per heavy atom. The number of hydrogen-bond acceptors (Lipinski definition) is 5. The molecule has 0 unspecified atom stereocenters. The lowest BCUT2D eigenvalue weighted by Gasteiger charge is -2.05. The number of nitrogens with two attached hydrogens (primary N) is 1. The van der Waals surface area contributed by atoms with Gasteiger partial charge in [-0.3, -0.25) is 4.68 Å². The number of nitrogens with one attached hydrogen (secondary N) is 1. The number of hydrogen-bond donors (Lipinski definition) is 3. The largest absolute Gasteiger partial charge is 0.396 e. The minimum atomic E-state index is -3.57. The predicted octanol–water partition coefficient (Wildman–Crippen LogP) is -0.167. The second kappa shape index (κ2) is 6.72. The number of unbranched alkanes of at least 4 members (excludes halogenated alkanes) is 3. The number of anilines is 1. The first-order chi connectivity index (χ1) is 8.47. The summed E-state index contributed by atoms with van der Waals surface area (Å²) in [4.78, 5) is 0.0142. The van der Waals surface area contributed by atoms with E-state index < -0.39 is 10.0 Å². The monoisotopic (exact) mass is 276 g/mol. The third kappa shape index (κ3) is 4.28. The van der Waals surface area contributed by atoms with Crippen molar-refractivity contribution in [2.24, 2.45) is 7.05 Å². The van der Waals surface area contributed by atoms with E-state index in [2.05, 4.69) is 9.82 Å². The van der Waals surface area contributed by atoms with Crippen molar-refractivity contribution >= 4 is 15.8 Å². The Kier molecular flexibility index (Phi) is 5.57. The third-order valence-electron chi connectivity index (χ3n) is 2.49. The average molecular weight is 276 g/mol. The summed E-state index contributed by atoms with van der Waals surface area (Å²) in [5.41, 5.74) is 5.52. The van der Waals surface area contributed by atoms with Gasteiger partial charge < -0.3 is 10.8 Å². The van der Waals surface area contributed by atoms with Gasteiger partial charge >= 0.3 is 0 Å². The van der Waals surface area contributed by atoms with Gasteiger partial charge in [0.25, 0.3) is 0 Å². The highest BCUT2D eigenvalue weighted by atomic mass is 32.2. The molecule has 0 saturated heterocycles. The Bertz CT molecular complexity index is 469. The van der Waals surface area contributed by atoms with Crippen molar-refractivity contribution in [2.75, 3.05) is 18.9 Å². The van der Waals surface area contributed by atoms with Crippen molar-refractivity contribution in [2.45, 2.75) is 30.6 Å². The maximum Gasteiger partial charge on any atom is 0.245 e. The van der Waals surface area contributed by atoms with Crippen LogP contribution in [0.25, 0.3) is 0 Å². The molecular weight excluding hydrogens is 256 g/mol. The van der Waals surface area contributed by atoms with Crippen LogP contribution in [0.4, 0.5) is 5.82 Å². The molecule has 1 aromatic heterocycles. The molecule has 8 heteroatoms. The molecular formula is C10H20N4O3S. The van der Waals surface area contributed by atoms with E-state index in [0.29, 0.717) is 6.54 Å². The molecule has 0 amide bonds. The van der Waals surface area contributed by atoms with E-state index in [1.165, 1.54) is 10.9 Å². The molecule has 0 aliphatic heterocycles. The maximum atomic E-state index is 11.9. The number of rotatable bonds is 8. The summed E-state index contributed by atoms with van der Waals surface area (Å²) in [6.45, 7) is 0.542. The first-order valence-corrected chi connectivity index (χ1v) is 7.35. The standard InChI is InChI=1S/C10H20N4O3S/c1-14-8-9(10(11)13-14)18(16,17)12-6-4-2-3-5-7-15/h8,12,15H,2-7H2,1H3,(H2,11,13). The maximum absolute atomic E-state index is 11.9. The van der Waals surface area contributed by atoms with Gasteiger partial charge in [0, 0.05) is 26.4 Å². The van der Waals surface area contributed by atoms with E-state index in [9.17, 15) is 8.42 Å². The molecule has 0 saturated carbocycles. The van der Waals surface area contributed by atoms with Crippen molar-refractivity contribution in [3.05, 3.63) is 6.20 Å². The molecule has 18 heavy (non-hydrogen) atoms. The molecule has 7 nitrogen and oxygen atoms in total. The van der Waals surface area contributed by atoms with E-state index in [1.807, 2.05) is 0 Å². The number of aliphatic hydroxyl groups excluding tert-OH is 1. The van der Waals surface area contributed by atoms with E-state index in [1.54, 1.807) is 7.05 Å². The van der Waals surface area contributed by atoms with Crippen LogP contribution < -0.4 is 10.5 Å². The molecule has 0 aliphatic carbocycles. The van der Waals surface area contributed by atoms with Gasteiger partial charge in [-0.1, -0.05) is 12.8 Å². The molecule has 1 aromatic rings. The van der Waals surface area contributed by atoms with Gasteiger partial charge in [0.1, 0.15) is 4.90 Å². The van der Waals surface area contributed by atoms with E-state index in [-0.39, 0.29) is 17.3 Å². The molecule has 0 radical (unpaired) electrons. The van der Waals surface area contributed by atoms with Crippen LogP contribution >= 0.6 is 0 Å². The van der Waals surface area contributed by atoms with Crippen LogP contribution in [-0.4, -0.2) is 36.5 Å². The van der Waals surface area contributed by atoms with Crippen LogP contribution in [0.3, 0.4) is 0 Å². The molecule has 1 heterocycles. The summed E-state index contributed by atoms with van der Waals surface area (Å²) in [6.07, 6.45) is 4.64. The molecule has 0 spiro atoms. The minimum absolute atomic E-state index is 0.00489. The highest BCUT2D eigenvalue weighted by Gasteiger charge is 2.19. The van der Waals surface area contributed by atoms with Gasteiger partial charge in [-0.2, -0.15) is 5.10 Å². The van der Waals surface area contributed by atoms with Crippen molar-refractivity contribution in [1.82, 2.24) is 14.5 Å². The summed E-state index contributed by atoms with van der Waals surface area (Å²) in [7, 11) is -1.96. The number of nitrogens with zero attached hydrogens (tertiary/aromatic N) is 2. The van der Waals surface area contributed by atoms with E-state index in [4.69, 9.17) is 10.8 Å². The molecule has 0 atom stereocenters. The second-order valence-corrected chi connectivity index (χ2v) is 5.82. The van der Waals surface area contributed by atoms with Gasteiger partial charge in [-0.05, 0) is 12.8 Å². The lowest BCUT2D eigenvalue weighted by Crippen LogP contribution is -2.25. The van der Waals surface area contributed by atoms with Crippen LogP contribution in [0.15, 0.2) is 11.1 Å². The molecule has 0 aliphatic rings. The highest BCUT2D eigenvalue weighted by molar-refractivity contribution is 7.89. The second-order valence-electron chi connectivity index (χ2n) is 4.09. The number of sulfonamides is 1. The highest BCUT2D eigenvalue weighted by Crippen LogP contribution is 2.15. The van der Waals surface area contributed by atoms with Crippen LogP contribution in [0, 0.1) is 0 Å². The quantitative estimate of drug-likeness (QED) is 0.571. The normalized spacial score (nSPS) is 11.9. The Labute approximate surface area is 107 Å². The van der Waals surface area contributed by atoms with Crippen LogP contribution in [0.1, 0.15) is 25.7 Å². The number of nitrogen functional groups attached to an aromatic ring is 1. The fourth-order valence-electron chi connectivity index (χ4n) is 1.57. The van der Waals surface area contributed by atoms with Gasteiger partial charge in [-0.25, -0.2) is 13.1 Å². The minimum Gasteiger partial charge on any atom is -0.396 e. The smallest absolute Gasteiger partial charge is 0.245 e. The van der Waals surface area contributed by atoms with Crippen molar-refractivity contribution in [1.29, 1.82) is 0 Å². The molecule has 0 aromatic carbocycles. The van der Waals surface area contributed by atoms with E-state index >= 15 is 0 Å². The zero-order valence-electron chi connectivity index (χ0n) is 10.5. The van der Waals surface area contributed by atoms with Crippen molar-refractivity contribution in [3.63, 3.8) is 0 Å². The number of aryl methyl sites for hydroxylation is 1. The average Bonchev–Trinajstić information content (AvgIpc) is 2.63. The summed E-state index contributed by atoms with van der Waals surface area (Å²) in [5, 5.41) is 12.4. The lowest BCUT2D eigenvalue weighted by molar-refractivity contribution is 0.282. The first kappa shape index (κ1) is 14.9. The van der Waals surface area contributed by atoms with E-state index in [0.717, 1.165) is 25.7 Å². The fraction of sp³-hybridized carbons (Fsp3) is 0.700. The number of aliphatic hydroxyl groups is 1. The van der Waals surface area contributed by atoms with Crippen LogP contribution in [-0.2, 0) is 17.1 Å². The van der Waals surface area contributed by atoms with Crippen molar-refractivity contribution < 1.29 is 13.5 Å². The number of aromatic nitrogens is 2. The van der Waals surface area contributed by atoms with Gasteiger partial charge in [0.05, 0.1) is 0 Å². The van der Waals surface area contributed by atoms with Crippen LogP contribution in [0.5, 0.6) is 0 Å².